The Morgan fingerprint density at radius 3 is 2.54 bits per heavy atom. The van der Waals surface area contributed by atoms with E-state index in [1.807, 2.05) is 72.9 Å². The Bertz CT molecular complexity index is 1110. The van der Waals surface area contributed by atoms with Crippen molar-refractivity contribution in [3.63, 3.8) is 0 Å². The summed E-state index contributed by atoms with van der Waals surface area (Å²) in [6.07, 6.45) is 1.86. The molecule has 1 fully saturated rings. The summed E-state index contributed by atoms with van der Waals surface area (Å²) in [5.41, 5.74) is 3.60. The smallest absolute Gasteiger partial charge is 0.170 e. The number of thiocarbonyl (C=S) groups is 1. The Hall–Kier alpha value is -3.53. The molecule has 3 aromatic rings. The van der Waals surface area contributed by atoms with Gasteiger partial charge in [-0.3, -0.25) is 5.41 Å². The Labute approximate surface area is 210 Å². The number of aromatic amines is 1. The van der Waals surface area contributed by atoms with Crippen molar-refractivity contribution in [1.82, 2.24) is 15.2 Å². The van der Waals surface area contributed by atoms with Gasteiger partial charge in [0, 0.05) is 37.1 Å². The largest absolute Gasteiger partial charge is 0.378 e. The highest BCUT2D eigenvalue weighted by Crippen LogP contribution is 2.13. The highest BCUT2D eigenvalue weighted by Gasteiger charge is 2.18. The molecule has 1 aliphatic heterocycles. The van der Waals surface area contributed by atoms with Gasteiger partial charge in [-0.15, -0.1) is 0 Å². The van der Waals surface area contributed by atoms with Crippen molar-refractivity contribution in [3.8, 4) is 0 Å². The molecule has 0 amide bonds. The lowest BCUT2D eigenvalue weighted by atomic mass is 10.2. The van der Waals surface area contributed by atoms with E-state index in [1.54, 1.807) is 0 Å². The monoisotopic (exact) mass is 490 g/mol. The van der Waals surface area contributed by atoms with Crippen LogP contribution < -0.4 is 10.6 Å². The van der Waals surface area contributed by atoms with Crippen molar-refractivity contribution in [2.45, 2.75) is 6.61 Å². The number of ether oxygens (including phenoxy) is 2. The number of aliphatic imine (C=N–C) groups is 1. The molecule has 0 saturated carbocycles. The average Bonchev–Trinajstić information content (AvgIpc) is 3.43. The molecule has 1 saturated heterocycles. The molecule has 1 aliphatic rings. The first-order chi connectivity index (χ1) is 17.2. The number of morpholine rings is 1. The van der Waals surface area contributed by atoms with Crippen LogP contribution in [0.25, 0.3) is 0 Å². The first kappa shape index (κ1) is 24.6. The lowest BCUT2D eigenvalue weighted by molar-refractivity contribution is 0.0682. The highest BCUT2D eigenvalue weighted by molar-refractivity contribution is 7.80. The normalized spacial score (nSPS) is 13.9. The number of aromatic nitrogens is 1. The molecule has 0 atom stereocenters. The van der Waals surface area contributed by atoms with Crippen LogP contribution in [0, 0.1) is 5.41 Å². The fraction of sp³-hybridized carbons (Fsp3) is 0.269. The van der Waals surface area contributed by atoms with E-state index >= 15 is 0 Å². The first-order valence-electron chi connectivity index (χ1n) is 11.6. The van der Waals surface area contributed by atoms with E-state index in [0.29, 0.717) is 38.1 Å². The van der Waals surface area contributed by atoms with Crippen molar-refractivity contribution in [2.24, 2.45) is 4.99 Å². The number of anilines is 1. The van der Waals surface area contributed by atoms with Crippen molar-refractivity contribution >= 4 is 34.7 Å². The summed E-state index contributed by atoms with van der Waals surface area (Å²) in [5, 5.41) is 15.4. The van der Waals surface area contributed by atoms with Gasteiger partial charge in [0.15, 0.2) is 16.8 Å². The van der Waals surface area contributed by atoms with Crippen molar-refractivity contribution in [3.05, 3.63) is 89.7 Å². The molecule has 0 bridgehead atoms. The summed E-state index contributed by atoms with van der Waals surface area (Å²) in [7, 11) is 0. The Kier molecular flexibility index (Phi) is 8.99. The van der Waals surface area contributed by atoms with Gasteiger partial charge in [0.2, 0.25) is 0 Å². The second kappa shape index (κ2) is 12.8. The number of hydrogen-bond donors (Lipinski definition) is 4. The van der Waals surface area contributed by atoms with Crippen LogP contribution >= 0.6 is 12.2 Å². The average molecular weight is 491 g/mol. The predicted molar refractivity (Wildman–Crippen MR) is 143 cm³/mol. The van der Waals surface area contributed by atoms with E-state index in [2.05, 4.69) is 25.5 Å². The van der Waals surface area contributed by atoms with Crippen LogP contribution in [0.1, 0.15) is 16.8 Å². The summed E-state index contributed by atoms with van der Waals surface area (Å²) in [6.45, 7) is 4.54. The maximum absolute atomic E-state index is 8.55. The van der Waals surface area contributed by atoms with Gasteiger partial charge >= 0.3 is 0 Å². The summed E-state index contributed by atoms with van der Waals surface area (Å²) in [4.78, 5) is 10.0. The van der Waals surface area contributed by atoms with E-state index < -0.39 is 0 Å². The fourth-order valence-corrected chi connectivity index (χ4v) is 3.82. The molecule has 0 unspecified atom stereocenters. The van der Waals surface area contributed by atoms with E-state index in [9.17, 15) is 0 Å². The van der Waals surface area contributed by atoms with Crippen LogP contribution in [0.5, 0.6) is 0 Å². The molecule has 35 heavy (non-hydrogen) atoms. The summed E-state index contributed by atoms with van der Waals surface area (Å²) < 4.78 is 11.1. The third-order valence-electron chi connectivity index (χ3n) is 5.43. The fourth-order valence-electron chi connectivity index (χ4n) is 3.60. The maximum atomic E-state index is 8.55. The van der Waals surface area contributed by atoms with Crippen molar-refractivity contribution in [2.75, 3.05) is 44.8 Å². The molecule has 2 aromatic carbocycles. The van der Waals surface area contributed by atoms with E-state index in [-0.39, 0.29) is 5.84 Å². The maximum Gasteiger partial charge on any atom is 0.170 e. The van der Waals surface area contributed by atoms with Gasteiger partial charge in [0.1, 0.15) is 0 Å². The van der Waals surface area contributed by atoms with E-state index in [4.69, 9.17) is 27.1 Å². The van der Waals surface area contributed by atoms with Crippen LogP contribution in [-0.4, -0.2) is 66.1 Å². The Morgan fingerprint density at radius 2 is 1.83 bits per heavy atom. The van der Waals surface area contributed by atoms with Crippen LogP contribution in [0.3, 0.4) is 0 Å². The SMILES string of the molecule is N=C(/N=C(\c1ccc[nH]1)N1CCOCC1)c1ccc(NC(=S)NCCOCc2ccccc2)cc1. The molecular formula is C26H30N6O2S. The van der Waals surface area contributed by atoms with Crippen LogP contribution in [0.4, 0.5) is 5.69 Å². The number of amidine groups is 2. The number of hydrogen-bond acceptors (Lipinski definition) is 4. The van der Waals surface area contributed by atoms with Gasteiger partial charge in [-0.25, -0.2) is 4.99 Å². The number of nitrogens with one attached hydrogen (secondary N) is 4. The second-order valence-electron chi connectivity index (χ2n) is 7.96. The molecule has 1 aromatic heterocycles. The zero-order valence-electron chi connectivity index (χ0n) is 19.5. The minimum Gasteiger partial charge on any atom is -0.378 e. The summed E-state index contributed by atoms with van der Waals surface area (Å²) >= 11 is 5.38. The van der Waals surface area contributed by atoms with Crippen LogP contribution in [0.15, 0.2) is 77.9 Å². The van der Waals surface area contributed by atoms with Crippen LogP contribution in [-0.2, 0) is 16.1 Å². The standard InChI is InChI=1S/C26H30N6O2S/c27-24(31-25(23-7-4-12-28-23)32-14-17-33-18-15-32)21-8-10-22(11-9-21)30-26(35)29-13-16-34-19-20-5-2-1-3-6-20/h1-12,27-28H,13-19H2,(H2,29,30,35)/b27-24?,31-25+. The third-order valence-corrected chi connectivity index (χ3v) is 5.67. The molecule has 0 aliphatic carbocycles. The molecule has 2 heterocycles. The summed E-state index contributed by atoms with van der Waals surface area (Å²) in [6, 6.07) is 21.5. The lowest BCUT2D eigenvalue weighted by Crippen LogP contribution is -2.41. The zero-order valence-corrected chi connectivity index (χ0v) is 20.3. The molecule has 4 rings (SSSR count). The molecule has 4 N–H and O–H groups in total. The Balaban J connectivity index is 1.27. The molecule has 0 spiro atoms. The molecule has 8 nitrogen and oxygen atoms in total. The Morgan fingerprint density at radius 1 is 1.06 bits per heavy atom. The topological polar surface area (TPSA) is 97.8 Å². The summed E-state index contributed by atoms with van der Waals surface area (Å²) in [5.74, 6) is 0.953. The number of rotatable bonds is 8. The lowest BCUT2D eigenvalue weighted by Gasteiger charge is -2.29. The van der Waals surface area contributed by atoms with Gasteiger partial charge in [-0.2, -0.15) is 0 Å². The van der Waals surface area contributed by atoms with Gasteiger partial charge in [0.25, 0.3) is 0 Å². The second-order valence-corrected chi connectivity index (χ2v) is 8.37. The van der Waals surface area contributed by atoms with Crippen LogP contribution in [0.2, 0.25) is 0 Å². The predicted octanol–water partition coefficient (Wildman–Crippen LogP) is 3.62. The van der Waals surface area contributed by atoms with Crippen molar-refractivity contribution in [1.29, 1.82) is 5.41 Å². The molecule has 182 valence electrons. The number of benzene rings is 2. The van der Waals surface area contributed by atoms with E-state index in [1.165, 1.54) is 0 Å². The number of H-pyrrole nitrogens is 1. The van der Waals surface area contributed by atoms with Gasteiger partial charge in [-0.05, 0) is 54.2 Å². The minimum absolute atomic E-state index is 0.198. The number of nitrogens with zero attached hydrogens (tertiary/aromatic N) is 2. The van der Waals surface area contributed by atoms with Gasteiger partial charge in [0.05, 0.1) is 32.1 Å². The third kappa shape index (κ3) is 7.48. The van der Waals surface area contributed by atoms with Gasteiger partial charge < -0.3 is 30.0 Å². The van der Waals surface area contributed by atoms with Gasteiger partial charge in [-0.1, -0.05) is 30.3 Å². The molecule has 9 heteroatoms. The quantitative estimate of drug-likeness (QED) is 0.167. The van der Waals surface area contributed by atoms with Crippen molar-refractivity contribution < 1.29 is 9.47 Å². The molecule has 0 radical (unpaired) electrons. The highest BCUT2D eigenvalue weighted by atomic mass is 32.1. The first-order valence-corrected chi connectivity index (χ1v) is 12.0. The van der Waals surface area contributed by atoms with E-state index in [0.717, 1.165) is 41.4 Å². The zero-order chi connectivity index (χ0) is 24.3. The minimum atomic E-state index is 0.198. The molecular weight excluding hydrogens is 460 g/mol.